The van der Waals surface area contributed by atoms with E-state index in [9.17, 15) is 14.4 Å². The molecule has 0 amide bonds. The van der Waals surface area contributed by atoms with Crippen molar-refractivity contribution in [2.45, 2.75) is 76.5 Å². The molecule has 2 heterocycles. The van der Waals surface area contributed by atoms with Crippen LogP contribution in [0.3, 0.4) is 0 Å². The summed E-state index contributed by atoms with van der Waals surface area (Å²) in [5, 5.41) is 0. The standard InChI is InChI=1S/C28H39NO8/c1-28(2,36-20-11-14-10-17(20)16-5-3-4-15(14)16)37-27(32)23-19-12-18-22(23)26(31)35-25(18)24(19)34-21(30)13-29-6-8-33-9-7-29/h14-20,22-25H,3-13H2,1-2H3. The number of hydrogen-bond acceptors (Lipinski definition) is 9. The highest BCUT2D eigenvalue weighted by Gasteiger charge is 2.70. The minimum atomic E-state index is -1.08. The molecule has 37 heavy (non-hydrogen) atoms. The van der Waals surface area contributed by atoms with Gasteiger partial charge in [-0.1, -0.05) is 6.42 Å². The van der Waals surface area contributed by atoms with Gasteiger partial charge in [0.05, 0.1) is 37.7 Å². The van der Waals surface area contributed by atoms with Crippen LogP contribution in [0.25, 0.3) is 0 Å². The first kappa shape index (κ1) is 24.3. The van der Waals surface area contributed by atoms with Gasteiger partial charge in [-0.3, -0.25) is 19.3 Å². The predicted molar refractivity (Wildman–Crippen MR) is 128 cm³/mol. The van der Waals surface area contributed by atoms with Crippen molar-refractivity contribution in [1.82, 2.24) is 4.90 Å². The normalized spacial score (nSPS) is 45.8. The molecule has 5 saturated carbocycles. The quantitative estimate of drug-likeness (QED) is 0.286. The molecule has 11 unspecified atom stereocenters. The minimum absolute atomic E-state index is 0.106. The van der Waals surface area contributed by atoms with Crippen LogP contribution in [0.15, 0.2) is 0 Å². The maximum absolute atomic E-state index is 13.6. The summed E-state index contributed by atoms with van der Waals surface area (Å²) >= 11 is 0. The van der Waals surface area contributed by atoms with Crippen LogP contribution in [0.1, 0.15) is 52.4 Å². The summed E-state index contributed by atoms with van der Waals surface area (Å²) in [7, 11) is 0. The molecule has 9 heteroatoms. The maximum atomic E-state index is 13.6. The molecular formula is C28H39NO8. The van der Waals surface area contributed by atoms with E-state index in [1.807, 2.05) is 18.7 Å². The minimum Gasteiger partial charge on any atom is -0.458 e. The molecule has 0 radical (unpaired) electrons. The summed E-state index contributed by atoms with van der Waals surface area (Å²) in [6, 6.07) is 0. The predicted octanol–water partition coefficient (Wildman–Crippen LogP) is 2.16. The molecular weight excluding hydrogens is 478 g/mol. The van der Waals surface area contributed by atoms with Gasteiger partial charge in [0.25, 0.3) is 0 Å². The zero-order chi connectivity index (χ0) is 25.5. The third kappa shape index (κ3) is 4.02. The highest BCUT2D eigenvalue weighted by Crippen LogP contribution is 2.61. The molecule has 0 spiro atoms. The summed E-state index contributed by atoms with van der Waals surface area (Å²) < 4.78 is 29.3. The lowest BCUT2D eigenvalue weighted by Gasteiger charge is -2.38. The average Bonchev–Trinajstić information content (AvgIpc) is 3.65. The van der Waals surface area contributed by atoms with E-state index >= 15 is 0 Å². The summed E-state index contributed by atoms with van der Waals surface area (Å²) in [5.74, 6) is -0.849. The van der Waals surface area contributed by atoms with Crippen LogP contribution < -0.4 is 0 Å². The number of morpholine rings is 1. The maximum Gasteiger partial charge on any atom is 0.320 e. The molecule has 9 nitrogen and oxygen atoms in total. The fourth-order valence-electron chi connectivity index (χ4n) is 9.44. The van der Waals surface area contributed by atoms with Crippen molar-refractivity contribution in [3.8, 4) is 0 Å². The molecule has 204 valence electrons. The molecule has 0 N–H and O–H groups in total. The van der Waals surface area contributed by atoms with Gasteiger partial charge in [0.1, 0.15) is 12.2 Å². The number of nitrogens with zero attached hydrogens (tertiary/aromatic N) is 1. The SMILES string of the molecule is CC(C)(OC(=O)C1C2CC3C(OC(=O)C31)C2OC(=O)CN1CCOCC1)OC1CC2CC1C1CCCC21. The van der Waals surface area contributed by atoms with Crippen LogP contribution in [0.4, 0.5) is 0 Å². The Morgan fingerprint density at radius 2 is 1.78 bits per heavy atom. The van der Waals surface area contributed by atoms with E-state index in [0.717, 1.165) is 24.2 Å². The highest BCUT2D eigenvalue weighted by molar-refractivity contribution is 5.86. The first-order valence-electron chi connectivity index (χ1n) is 14.4. The molecule has 2 saturated heterocycles. The fraction of sp³-hybridized carbons (Fsp3) is 0.893. The van der Waals surface area contributed by atoms with E-state index in [0.29, 0.717) is 38.6 Å². The number of rotatable bonds is 7. The van der Waals surface area contributed by atoms with Gasteiger partial charge in [-0.15, -0.1) is 0 Å². The molecule has 7 aliphatic rings. The Morgan fingerprint density at radius 3 is 2.59 bits per heavy atom. The Balaban J connectivity index is 1.00. The molecule has 5 aliphatic carbocycles. The zero-order valence-corrected chi connectivity index (χ0v) is 21.8. The lowest BCUT2D eigenvalue weighted by atomic mass is 9.78. The van der Waals surface area contributed by atoms with Crippen molar-refractivity contribution in [3.63, 3.8) is 0 Å². The molecule has 11 atom stereocenters. The van der Waals surface area contributed by atoms with Gasteiger partial charge in [-0.2, -0.15) is 0 Å². The van der Waals surface area contributed by atoms with Crippen molar-refractivity contribution >= 4 is 17.9 Å². The van der Waals surface area contributed by atoms with E-state index in [1.165, 1.54) is 25.7 Å². The number of carbonyl (C=O) groups is 3. The second-order valence-electron chi connectivity index (χ2n) is 13.0. The van der Waals surface area contributed by atoms with Crippen molar-refractivity contribution in [3.05, 3.63) is 0 Å². The van der Waals surface area contributed by atoms with E-state index in [2.05, 4.69) is 0 Å². The summed E-state index contributed by atoms with van der Waals surface area (Å²) in [6.45, 7) is 6.35. The molecule has 0 aromatic rings. The van der Waals surface area contributed by atoms with Gasteiger partial charge in [-0.05, 0) is 55.8 Å². The second-order valence-corrected chi connectivity index (χ2v) is 13.0. The van der Waals surface area contributed by atoms with Gasteiger partial charge < -0.3 is 23.7 Å². The van der Waals surface area contributed by atoms with Crippen molar-refractivity contribution in [2.24, 2.45) is 47.3 Å². The average molecular weight is 518 g/mol. The zero-order valence-electron chi connectivity index (χ0n) is 21.8. The topological polar surface area (TPSA) is 101 Å². The van der Waals surface area contributed by atoms with Crippen molar-refractivity contribution < 1.29 is 38.1 Å². The summed E-state index contributed by atoms with van der Waals surface area (Å²) in [4.78, 5) is 41.1. The molecule has 4 bridgehead atoms. The van der Waals surface area contributed by atoms with Crippen LogP contribution in [-0.2, 0) is 38.1 Å². The van der Waals surface area contributed by atoms with Crippen LogP contribution in [0, 0.1) is 47.3 Å². The van der Waals surface area contributed by atoms with Gasteiger partial charge in [0.2, 0.25) is 5.79 Å². The lowest BCUT2D eigenvalue weighted by Crippen LogP contribution is -2.48. The Kier molecular flexibility index (Phi) is 5.86. The number of hydrogen-bond donors (Lipinski definition) is 0. The largest absolute Gasteiger partial charge is 0.458 e. The second kappa shape index (κ2) is 8.91. The molecule has 0 aromatic carbocycles. The molecule has 0 aromatic heterocycles. The van der Waals surface area contributed by atoms with Gasteiger partial charge in [0.15, 0.2) is 0 Å². The molecule has 7 fully saturated rings. The Hall–Kier alpha value is -1.71. The third-order valence-corrected chi connectivity index (χ3v) is 10.7. The van der Waals surface area contributed by atoms with Crippen molar-refractivity contribution in [2.75, 3.05) is 32.8 Å². The van der Waals surface area contributed by atoms with E-state index in [1.54, 1.807) is 0 Å². The highest BCUT2D eigenvalue weighted by atomic mass is 16.7. The smallest absolute Gasteiger partial charge is 0.320 e. The molecule has 2 aliphatic heterocycles. The number of fused-ring (bicyclic) bond motifs is 6. The Morgan fingerprint density at radius 1 is 1.00 bits per heavy atom. The van der Waals surface area contributed by atoms with Gasteiger partial charge in [-0.25, -0.2) is 0 Å². The number of ether oxygens (including phenoxy) is 5. The Bertz CT molecular complexity index is 962. The van der Waals surface area contributed by atoms with Gasteiger partial charge >= 0.3 is 17.9 Å². The van der Waals surface area contributed by atoms with E-state index in [4.69, 9.17) is 23.7 Å². The van der Waals surface area contributed by atoms with E-state index < -0.39 is 35.8 Å². The van der Waals surface area contributed by atoms with Crippen molar-refractivity contribution in [1.29, 1.82) is 0 Å². The third-order valence-electron chi connectivity index (χ3n) is 10.7. The molecule has 7 rings (SSSR count). The summed E-state index contributed by atoms with van der Waals surface area (Å²) in [6.07, 6.45) is 5.97. The number of esters is 3. The van der Waals surface area contributed by atoms with Crippen LogP contribution in [0.5, 0.6) is 0 Å². The van der Waals surface area contributed by atoms with Gasteiger partial charge in [0, 0.05) is 38.8 Å². The monoisotopic (exact) mass is 517 g/mol. The van der Waals surface area contributed by atoms with Crippen LogP contribution in [0.2, 0.25) is 0 Å². The van der Waals surface area contributed by atoms with Crippen LogP contribution >= 0.6 is 0 Å². The first-order chi connectivity index (χ1) is 17.8. The lowest BCUT2D eigenvalue weighted by molar-refractivity contribution is -0.247. The van der Waals surface area contributed by atoms with E-state index in [-0.39, 0.29) is 36.4 Å². The summed E-state index contributed by atoms with van der Waals surface area (Å²) in [5.41, 5.74) is 0. The first-order valence-corrected chi connectivity index (χ1v) is 14.4. The number of carbonyl (C=O) groups excluding carboxylic acids is 3. The van der Waals surface area contributed by atoms with Crippen LogP contribution in [-0.4, -0.2) is 79.8 Å². The Labute approximate surface area is 217 Å². The fourth-order valence-corrected chi connectivity index (χ4v) is 9.44.